The highest BCUT2D eigenvalue weighted by molar-refractivity contribution is 5.94. The van der Waals surface area contributed by atoms with Crippen molar-refractivity contribution in [1.82, 2.24) is 24.9 Å². The van der Waals surface area contributed by atoms with Gasteiger partial charge in [0.25, 0.3) is 0 Å². The molecule has 8 heteroatoms. The molecule has 1 aliphatic carbocycles. The minimum Gasteiger partial charge on any atom is -0.451 e. The molecule has 0 bridgehead atoms. The molecule has 0 radical (unpaired) electrons. The lowest BCUT2D eigenvalue weighted by Crippen LogP contribution is -2.31. The molecule has 31 heavy (non-hydrogen) atoms. The molecule has 1 N–H and O–H groups in total. The minimum absolute atomic E-state index is 0.210. The van der Waals surface area contributed by atoms with Gasteiger partial charge in [0.2, 0.25) is 5.95 Å². The maximum absolute atomic E-state index is 13.4. The van der Waals surface area contributed by atoms with Gasteiger partial charge in [-0.3, -0.25) is 0 Å². The van der Waals surface area contributed by atoms with E-state index < -0.39 is 11.5 Å². The van der Waals surface area contributed by atoms with E-state index in [-0.39, 0.29) is 11.9 Å². The second-order valence-electron chi connectivity index (χ2n) is 8.10. The van der Waals surface area contributed by atoms with E-state index in [2.05, 4.69) is 24.9 Å². The van der Waals surface area contributed by atoms with Crippen LogP contribution in [0.5, 0.6) is 0 Å². The van der Waals surface area contributed by atoms with Gasteiger partial charge in [-0.15, -0.1) is 0 Å². The molecule has 7 nitrogen and oxygen atoms in total. The van der Waals surface area contributed by atoms with Gasteiger partial charge in [0.15, 0.2) is 11.5 Å². The smallest absolute Gasteiger partial charge is 0.339 e. The summed E-state index contributed by atoms with van der Waals surface area (Å²) in [5.74, 6) is 0.603. The van der Waals surface area contributed by atoms with Gasteiger partial charge in [0, 0.05) is 11.5 Å². The van der Waals surface area contributed by atoms with Crippen molar-refractivity contribution >= 4 is 17.1 Å². The Balaban J connectivity index is 1.26. The first-order valence-corrected chi connectivity index (χ1v) is 10.3. The number of pyridine rings is 1. The summed E-state index contributed by atoms with van der Waals surface area (Å²) in [6.07, 6.45) is 4.81. The average molecular weight is 415 g/mol. The van der Waals surface area contributed by atoms with Crippen LogP contribution in [0.1, 0.15) is 53.3 Å². The number of carbonyl (C=O) groups excluding carboxylic acids is 1. The zero-order valence-corrected chi connectivity index (χ0v) is 16.5. The standard InChI is InChI=1S/C23H18FN5O2/c24-18-7-3-6-16(26-18)20-25-12-17-21(29-20)28-19(27-17)13-8-10-23(11-9-13)15-5-2-1-4-14(15)22(30)31-23/h1-7,12-13H,8-11H2,(H,25,27,28,29). The molecule has 0 amide bonds. The summed E-state index contributed by atoms with van der Waals surface area (Å²) in [6, 6.07) is 12.2. The van der Waals surface area contributed by atoms with Gasteiger partial charge in [0.05, 0.1) is 11.8 Å². The van der Waals surface area contributed by atoms with Crippen molar-refractivity contribution < 1.29 is 13.9 Å². The molecular weight excluding hydrogens is 397 g/mol. The lowest BCUT2D eigenvalue weighted by Gasteiger charge is -2.35. The van der Waals surface area contributed by atoms with Crippen molar-refractivity contribution in [3.63, 3.8) is 0 Å². The Morgan fingerprint density at radius 1 is 1.03 bits per heavy atom. The number of nitrogens with one attached hydrogen (secondary N) is 1. The highest BCUT2D eigenvalue weighted by atomic mass is 19.1. The normalized spacial score (nSPS) is 22.6. The summed E-state index contributed by atoms with van der Waals surface area (Å²) in [5, 5.41) is 0. The first kappa shape index (κ1) is 18.1. The van der Waals surface area contributed by atoms with E-state index in [0.717, 1.165) is 37.1 Å². The Morgan fingerprint density at radius 2 is 1.87 bits per heavy atom. The van der Waals surface area contributed by atoms with Gasteiger partial charge < -0.3 is 9.72 Å². The van der Waals surface area contributed by atoms with Crippen LogP contribution in [0.2, 0.25) is 0 Å². The van der Waals surface area contributed by atoms with Gasteiger partial charge >= 0.3 is 5.97 Å². The van der Waals surface area contributed by atoms with Crippen LogP contribution >= 0.6 is 0 Å². The fourth-order valence-corrected chi connectivity index (χ4v) is 4.75. The first-order valence-electron chi connectivity index (χ1n) is 10.3. The predicted molar refractivity (Wildman–Crippen MR) is 110 cm³/mol. The van der Waals surface area contributed by atoms with Crippen LogP contribution in [-0.2, 0) is 10.3 Å². The van der Waals surface area contributed by atoms with Crippen molar-refractivity contribution in [3.05, 3.63) is 71.6 Å². The number of imidazole rings is 1. The summed E-state index contributed by atoms with van der Waals surface area (Å²) >= 11 is 0. The van der Waals surface area contributed by atoms with Gasteiger partial charge in [-0.1, -0.05) is 24.3 Å². The highest BCUT2D eigenvalue weighted by Gasteiger charge is 2.47. The van der Waals surface area contributed by atoms with Crippen molar-refractivity contribution in [1.29, 1.82) is 0 Å². The number of rotatable bonds is 2. The number of hydrogen-bond acceptors (Lipinski definition) is 6. The van der Waals surface area contributed by atoms with Gasteiger partial charge in [-0.05, 0) is 43.9 Å². The minimum atomic E-state index is -0.572. The zero-order chi connectivity index (χ0) is 21.0. The van der Waals surface area contributed by atoms with E-state index in [1.54, 1.807) is 18.3 Å². The molecule has 1 aliphatic heterocycles. The van der Waals surface area contributed by atoms with Crippen molar-refractivity contribution in [2.75, 3.05) is 0 Å². The van der Waals surface area contributed by atoms with Crippen molar-refractivity contribution in [3.8, 4) is 11.5 Å². The number of aromatic nitrogens is 5. The SMILES string of the molecule is O=C1OC2(CCC(c3nc4cnc(-c5cccc(F)n5)nc4[nH]3)CC2)c2ccccc21. The first-order chi connectivity index (χ1) is 15.1. The molecule has 1 fully saturated rings. The quantitative estimate of drug-likeness (QED) is 0.388. The summed E-state index contributed by atoms with van der Waals surface area (Å²) < 4.78 is 19.3. The summed E-state index contributed by atoms with van der Waals surface area (Å²) in [4.78, 5) is 32.9. The molecule has 4 aromatic rings. The molecule has 0 saturated heterocycles. The van der Waals surface area contributed by atoms with E-state index in [0.29, 0.717) is 28.2 Å². The molecule has 6 rings (SSSR count). The fourth-order valence-electron chi connectivity index (χ4n) is 4.75. The molecule has 154 valence electrons. The number of fused-ring (bicyclic) bond motifs is 3. The monoisotopic (exact) mass is 415 g/mol. The molecule has 0 unspecified atom stereocenters. The highest BCUT2D eigenvalue weighted by Crippen LogP contribution is 2.49. The third kappa shape index (κ3) is 2.90. The van der Waals surface area contributed by atoms with Crippen LogP contribution in [0.15, 0.2) is 48.7 Å². The largest absolute Gasteiger partial charge is 0.451 e. The summed E-state index contributed by atoms with van der Waals surface area (Å²) in [6.45, 7) is 0. The molecule has 0 atom stereocenters. The number of aromatic amines is 1. The second kappa shape index (κ2) is 6.66. The second-order valence-corrected chi connectivity index (χ2v) is 8.10. The molecule has 1 aromatic carbocycles. The van der Waals surface area contributed by atoms with E-state index >= 15 is 0 Å². The molecule has 4 heterocycles. The van der Waals surface area contributed by atoms with Crippen LogP contribution in [0.25, 0.3) is 22.7 Å². The number of H-pyrrole nitrogens is 1. The maximum Gasteiger partial charge on any atom is 0.339 e. The van der Waals surface area contributed by atoms with Crippen LogP contribution in [0.4, 0.5) is 4.39 Å². The fraction of sp³-hybridized carbons (Fsp3) is 0.261. The third-order valence-electron chi connectivity index (χ3n) is 6.31. The number of halogens is 1. The Labute approximate surface area is 176 Å². The van der Waals surface area contributed by atoms with Gasteiger partial charge in [0.1, 0.15) is 22.6 Å². The molecule has 1 spiro atoms. The Hall–Kier alpha value is -3.68. The van der Waals surface area contributed by atoms with E-state index in [1.165, 1.54) is 6.07 Å². The Bertz CT molecular complexity index is 1330. The average Bonchev–Trinajstić information content (AvgIpc) is 3.33. The number of benzene rings is 1. The molecule has 1 saturated carbocycles. The van der Waals surface area contributed by atoms with Crippen molar-refractivity contribution in [2.24, 2.45) is 0 Å². The number of nitrogens with zero attached hydrogens (tertiary/aromatic N) is 4. The molecule has 2 aliphatic rings. The van der Waals surface area contributed by atoms with E-state index in [9.17, 15) is 9.18 Å². The van der Waals surface area contributed by atoms with Crippen LogP contribution in [-0.4, -0.2) is 30.9 Å². The lowest BCUT2D eigenvalue weighted by atomic mass is 9.75. The van der Waals surface area contributed by atoms with Crippen LogP contribution in [0, 0.1) is 5.95 Å². The third-order valence-corrected chi connectivity index (χ3v) is 6.31. The van der Waals surface area contributed by atoms with Gasteiger partial charge in [-0.2, -0.15) is 4.39 Å². The Kier molecular flexibility index (Phi) is 3.89. The van der Waals surface area contributed by atoms with E-state index in [4.69, 9.17) is 4.74 Å². The zero-order valence-electron chi connectivity index (χ0n) is 16.5. The number of carbonyl (C=O) groups is 1. The number of ether oxygens (including phenoxy) is 1. The lowest BCUT2D eigenvalue weighted by molar-refractivity contribution is -0.0312. The molecular formula is C23H18FN5O2. The van der Waals surface area contributed by atoms with Crippen molar-refractivity contribution in [2.45, 2.75) is 37.2 Å². The summed E-state index contributed by atoms with van der Waals surface area (Å²) in [5.41, 5.74) is 2.79. The maximum atomic E-state index is 13.4. The number of esters is 1. The number of hydrogen-bond donors (Lipinski definition) is 1. The van der Waals surface area contributed by atoms with Gasteiger partial charge in [-0.25, -0.2) is 24.7 Å². The van der Waals surface area contributed by atoms with Crippen LogP contribution in [0.3, 0.4) is 0 Å². The predicted octanol–water partition coefficient (Wildman–Crippen LogP) is 4.28. The summed E-state index contributed by atoms with van der Waals surface area (Å²) in [7, 11) is 0. The van der Waals surface area contributed by atoms with E-state index in [1.807, 2.05) is 24.3 Å². The molecule has 3 aromatic heterocycles. The van der Waals surface area contributed by atoms with Crippen LogP contribution < -0.4 is 0 Å². The Morgan fingerprint density at radius 3 is 2.71 bits per heavy atom. The topological polar surface area (TPSA) is 93.7 Å².